The molecule has 0 aliphatic heterocycles. The third-order valence-corrected chi connectivity index (χ3v) is 4.78. The van der Waals surface area contributed by atoms with Gasteiger partial charge in [-0.1, -0.05) is 12.1 Å². The zero-order valence-electron chi connectivity index (χ0n) is 10.3. The SMILES string of the molecule is Cc1cccc(S(=O)(=O)c2ccc3occc3c2)c1. The summed E-state index contributed by atoms with van der Waals surface area (Å²) in [4.78, 5) is 0.599. The summed E-state index contributed by atoms with van der Waals surface area (Å²) in [7, 11) is -3.47. The Balaban J connectivity index is 2.18. The van der Waals surface area contributed by atoms with Crippen molar-refractivity contribution in [3.05, 3.63) is 60.4 Å². The van der Waals surface area contributed by atoms with E-state index < -0.39 is 9.84 Å². The smallest absolute Gasteiger partial charge is 0.206 e. The second-order valence-corrected chi connectivity index (χ2v) is 6.39. The molecule has 0 atom stereocenters. The van der Waals surface area contributed by atoms with Crippen molar-refractivity contribution in [3.63, 3.8) is 0 Å². The molecule has 0 aliphatic rings. The van der Waals surface area contributed by atoms with Crippen LogP contribution in [0.1, 0.15) is 5.56 Å². The van der Waals surface area contributed by atoms with Gasteiger partial charge < -0.3 is 4.42 Å². The molecule has 0 fully saturated rings. The Morgan fingerprint density at radius 1 is 0.947 bits per heavy atom. The molecule has 1 aromatic heterocycles. The van der Waals surface area contributed by atoms with Crippen LogP contribution in [0.2, 0.25) is 0 Å². The Morgan fingerprint density at radius 2 is 1.74 bits per heavy atom. The molecule has 0 saturated carbocycles. The highest BCUT2D eigenvalue weighted by molar-refractivity contribution is 7.91. The van der Waals surface area contributed by atoms with Crippen LogP contribution in [0, 0.1) is 6.92 Å². The van der Waals surface area contributed by atoms with Crippen molar-refractivity contribution in [3.8, 4) is 0 Å². The van der Waals surface area contributed by atoms with Gasteiger partial charge in [-0.05, 0) is 48.9 Å². The number of sulfone groups is 1. The number of hydrogen-bond acceptors (Lipinski definition) is 3. The van der Waals surface area contributed by atoms with Crippen molar-refractivity contribution in [2.45, 2.75) is 16.7 Å². The monoisotopic (exact) mass is 272 g/mol. The number of furan rings is 1. The summed E-state index contributed by atoms with van der Waals surface area (Å²) in [6.45, 7) is 1.87. The van der Waals surface area contributed by atoms with Crippen LogP contribution in [-0.2, 0) is 9.84 Å². The normalized spacial score (nSPS) is 11.8. The molecule has 0 bridgehead atoms. The van der Waals surface area contributed by atoms with Gasteiger partial charge in [0.2, 0.25) is 9.84 Å². The number of rotatable bonds is 2. The van der Waals surface area contributed by atoms with Crippen molar-refractivity contribution < 1.29 is 12.8 Å². The van der Waals surface area contributed by atoms with Crippen LogP contribution in [0.5, 0.6) is 0 Å². The molecular weight excluding hydrogens is 260 g/mol. The maximum atomic E-state index is 12.5. The second-order valence-electron chi connectivity index (χ2n) is 4.44. The molecule has 0 saturated heterocycles. The van der Waals surface area contributed by atoms with Gasteiger partial charge in [-0.15, -0.1) is 0 Å². The zero-order valence-corrected chi connectivity index (χ0v) is 11.1. The van der Waals surface area contributed by atoms with Crippen LogP contribution < -0.4 is 0 Å². The highest BCUT2D eigenvalue weighted by Gasteiger charge is 2.18. The van der Waals surface area contributed by atoms with Crippen LogP contribution in [0.25, 0.3) is 11.0 Å². The number of fused-ring (bicyclic) bond motifs is 1. The summed E-state index contributed by atoms with van der Waals surface area (Å²) < 4.78 is 30.3. The third kappa shape index (κ3) is 2.04. The van der Waals surface area contributed by atoms with Gasteiger partial charge in [0.1, 0.15) is 5.58 Å². The molecule has 96 valence electrons. The van der Waals surface area contributed by atoms with Gasteiger partial charge in [-0.3, -0.25) is 0 Å². The molecular formula is C15H12O3S. The van der Waals surface area contributed by atoms with Crippen molar-refractivity contribution in [2.24, 2.45) is 0 Å². The van der Waals surface area contributed by atoms with E-state index in [9.17, 15) is 8.42 Å². The molecule has 2 aromatic carbocycles. The van der Waals surface area contributed by atoms with Gasteiger partial charge in [0, 0.05) is 5.39 Å². The molecule has 1 heterocycles. The first-order valence-electron chi connectivity index (χ1n) is 5.86. The average Bonchev–Trinajstić information content (AvgIpc) is 2.85. The third-order valence-electron chi connectivity index (χ3n) is 3.03. The lowest BCUT2D eigenvalue weighted by molar-refractivity contribution is 0.596. The summed E-state index contributed by atoms with van der Waals surface area (Å²) in [6, 6.07) is 13.6. The number of benzene rings is 2. The maximum absolute atomic E-state index is 12.5. The van der Waals surface area contributed by atoms with E-state index in [-0.39, 0.29) is 4.90 Å². The van der Waals surface area contributed by atoms with Gasteiger partial charge in [0.05, 0.1) is 16.1 Å². The van der Waals surface area contributed by atoms with E-state index in [1.807, 2.05) is 13.0 Å². The van der Waals surface area contributed by atoms with Crippen LogP contribution >= 0.6 is 0 Å². The van der Waals surface area contributed by atoms with E-state index >= 15 is 0 Å². The summed E-state index contributed by atoms with van der Waals surface area (Å²) in [5.74, 6) is 0. The van der Waals surface area contributed by atoms with Gasteiger partial charge in [0.25, 0.3) is 0 Å². The zero-order chi connectivity index (χ0) is 13.5. The van der Waals surface area contributed by atoms with Gasteiger partial charge in [-0.25, -0.2) is 8.42 Å². The van der Waals surface area contributed by atoms with Crippen LogP contribution in [0.3, 0.4) is 0 Å². The molecule has 0 spiro atoms. The highest BCUT2D eigenvalue weighted by atomic mass is 32.2. The number of hydrogen-bond donors (Lipinski definition) is 0. The maximum Gasteiger partial charge on any atom is 0.206 e. The molecule has 3 aromatic rings. The minimum atomic E-state index is -3.47. The minimum absolute atomic E-state index is 0.284. The lowest BCUT2D eigenvalue weighted by Gasteiger charge is -2.05. The molecule has 4 heteroatoms. The molecule has 0 amide bonds. The predicted octanol–water partition coefficient (Wildman–Crippen LogP) is 3.57. The Labute approximate surface area is 111 Å². The molecule has 3 rings (SSSR count). The highest BCUT2D eigenvalue weighted by Crippen LogP contribution is 2.25. The summed E-state index contributed by atoms with van der Waals surface area (Å²) >= 11 is 0. The first-order chi connectivity index (χ1) is 9.07. The van der Waals surface area contributed by atoms with E-state index in [2.05, 4.69) is 0 Å². The van der Waals surface area contributed by atoms with Crippen LogP contribution in [-0.4, -0.2) is 8.42 Å². The fourth-order valence-electron chi connectivity index (χ4n) is 2.03. The topological polar surface area (TPSA) is 47.3 Å². The minimum Gasteiger partial charge on any atom is -0.464 e. The van der Waals surface area contributed by atoms with E-state index in [1.165, 1.54) is 0 Å². The molecule has 0 N–H and O–H groups in total. The van der Waals surface area contributed by atoms with Crippen molar-refractivity contribution in [1.29, 1.82) is 0 Å². The van der Waals surface area contributed by atoms with Gasteiger partial charge in [0.15, 0.2) is 0 Å². The van der Waals surface area contributed by atoms with E-state index in [0.717, 1.165) is 10.9 Å². The summed E-state index contributed by atoms with van der Waals surface area (Å²) in [6.07, 6.45) is 1.55. The fraction of sp³-hybridized carbons (Fsp3) is 0.0667. The standard InChI is InChI=1S/C15H12O3S/c1-11-3-2-4-13(9-11)19(16,17)14-5-6-15-12(10-14)7-8-18-15/h2-10H,1H3. The van der Waals surface area contributed by atoms with E-state index in [1.54, 1.807) is 48.7 Å². The fourth-order valence-corrected chi connectivity index (χ4v) is 3.43. The summed E-state index contributed by atoms with van der Waals surface area (Å²) in [5.41, 5.74) is 1.61. The lowest BCUT2D eigenvalue weighted by atomic mass is 10.2. The Bertz CT molecular complexity index is 844. The first-order valence-corrected chi connectivity index (χ1v) is 7.35. The van der Waals surface area contributed by atoms with Crippen molar-refractivity contribution in [1.82, 2.24) is 0 Å². The average molecular weight is 272 g/mol. The lowest BCUT2D eigenvalue weighted by Crippen LogP contribution is -2.01. The Kier molecular flexibility index (Phi) is 2.68. The first kappa shape index (κ1) is 12.0. The van der Waals surface area contributed by atoms with Crippen LogP contribution in [0.4, 0.5) is 0 Å². The quantitative estimate of drug-likeness (QED) is 0.716. The second kappa shape index (κ2) is 4.24. The number of aryl methyl sites for hydroxylation is 1. The van der Waals surface area contributed by atoms with Crippen molar-refractivity contribution in [2.75, 3.05) is 0 Å². The van der Waals surface area contributed by atoms with E-state index in [4.69, 9.17) is 4.42 Å². The molecule has 0 radical (unpaired) electrons. The van der Waals surface area contributed by atoms with Crippen LogP contribution in [0.15, 0.2) is 69.0 Å². The predicted molar refractivity (Wildman–Crippen MR) is 72.8 cm³/mol. The Hall–Kier alpha value is -2.07. The molecule has 0 unspecified atom stereocenters. The molecule has 19 heavy (non-hydrogen) atoms. The Morgan fingerprint density at radius 3 is 2.53 bits per heavy atom. The largest absolute Gasteiger partial charge is 0.464 e. The van der Waals surface area contributed by atoms with Gasteiger partial charge in [-0.2, -0.15) is 0 Å². The molecule has 0 aliphatic carbocycles. The van der Waals surface area contributed by atoms with Gasteiger partial charge >= 0.3 is 0 Å². The van der Waals surface area contributed by atoms with E-state index in [0.29, 0.717) is 10.5 Å². The molecule has 3 nitrogen and oxygen atoms in total. The summed E-state index contributed by atoms with van der Waals surface area (Å²) in [5, 5.41) is 0.786. The van der Waals surface area contributed by atoms with Crippen molar-refractivity contribution >= 4 is 20.8 Å².